The number of nitrogens with one attached hydrogen (secondary N) is 1. The minimum atomic E-state index is 0.678. The van der Waals surface area contributed by atoms with Gasteiger partial charge in [-0.2, -0.15) is 0 Å². The fourth-order valence-electron chi connectivity index (χ4n) is 2.04. The number of ether oxygens (including phenoxy) is 2. The molecule has 2 rings (SSSR count). The first-order chi connectivity index (χ1) is 8.35. The van der Waals surface area contributed by atoms with Crippen molar-refractivity contribution in [3.8, 4) is 11.5 Å². The van der Waals surface area contributed by atoms with Gasteiger partial charge in [0.25, 0.3) is 0 Å². The zero-order valence-corrected chi connectivity index (χ0v) is 11.2. The van der Waals surface area contributed by atoms with E-state index >= 15 is 0 Å². The van der Waals surface area contributed by atoms with E-state index in [2.05, 4.69) is 11.4 Å². The molecule has 0 radical (unpaired) electrons. The first-order valence-electron chi connectivity index (χ1n) is 5.93. The minimum Gasteiger partial charge on any atom is -0.493 e. The molecule has 0 spiro atoms. The molecule has 1 heterocycles. The average Bonchev–Trinajstić information content (AvgIpc) is 2.39. The van der Waals surface area contributed by atoms with Crippen molar-refractivity contribution >= 4 is 11.8 Å². The average molecular weight is 253 g/mol. The van der Waals surface area contributed by atoms with Crippen LogP contribution in [0.5, 0.6) is 11.5 Å². The van der Waals surface area contributed by atoms with Gasteiger partial charge in [-0.15, -0.1) is 11.8 Å². The van der Waals surface area contributed by atoms with Crippen LogP contribution in [0.2, 0.25) is 0 Å². The maximum atomic E-state index is 5.45. The van der Waals surface area contributed by atoms with Gasteiger partial charge < -0.3 is 14.8 Å². The molecule has 0 atom stereocenters. The minimum absolute atomic E-state index is 0.678. The third-order valence-corrected chi connectivity index (χ3v) is 4.33. The molecule has 0 saturated carbocycles. The van der Waals surface area contributed by atoms with Crippen molar-refractivity contribution in [2.24, 2.45) is 0 Å². The Balaban J connectivity index is 2.13. The Morgan fingerprint density at radius 1 is 1.18 bits per heavy atom. The molecule has 0 unspecified atom stereocenters. The first-order valence-corrected chi connectivity index (χ1v) is 6.81. The van der Waals surface area contributed by atoms with E-state index in [0.717, 1.165) is 24.6 Å². The van der Waals surface area contributed by atoms with Crippen molar-refractivity contribution in [3.63, 3.8) is 0 Å². The number of para-hydroxylation sites is 1. The molecule has 0 aromatic heterocycles. The molecule has 94 valence electrons. The summed E-state index contributed by atoms with van der Waals surface area (Å²) in [6.07, 6.45) is 2.43. The van der Waals surface area contributed by atoms with Gasteiger partial charge in [0, 0.05) is 5.25 Å². The van der Waals surface area contributed by atoms with Crippen molar-refractivity contribution in [2.75, 3.05) is 27.3 Å². The second-order valence-corrected chi connectivity index (χ2v) is 5.40. The van der Waals surface area contributed by atoms with E-state index in [1.54, 1.807) is 14.2 Å². The summed E-state index contributed by atoms with van der Waals surface area (Å²) < 4.78 is 10.8. The van der Waals surface area contributed by atoms with Crippen LogP contribution >= 0.6 is 11.8 Å². The van der Waals surface area contributed by atoms with Gasteiger partial charge in [-0.25, -0.2) is 0 Å². The number of hydrogen-bond donors (Lipinski definition) is 1. The summed E-state index contributed by atoms with van der Waals surface area (Å²) in [6, 6.07) is 6.06. The third kappa shape index (κ3) is 3.07. The van der Waals surface area contributed by atoms with Crippen LogP contribution in [-0.4, -0.2) is 32.6 Å². The van der Waals surface area contributed by atoms with Crippen LogP contribution in [0.1, 0.15) is 12.8 Å². The summed E-state index contributed by atoms with van der Waals surface area (Å²) in [5.74, 6) is 1.67. The number of methoxy groups -OCH3 is 2. The van der Waals surface area contributed by atoms with Gasteiger partial charge in [0.2, 0.25) is 0 Å². The molecular formula is C13H19NO2S. The molecule has 1 aliphatic rings. The maximum absolute atomic E-state index is 5.45. The van der Waals surface area contributed by atoms with E-state index in [9.17, 15) is 0 Å². The SMILES string of the molecule is COc1cccc(SC2CCNCC2)c1OC. The van der Waals surface area contributed by atoms with Crippen molar-refractivity contribution in [3.05, 3.63) is 18.2 Å². The lowest BCUT2D eigenvalue weighted by molar-refractivity contribution is 0.348. The Kier molecular flexibility index (Phi) is 4.57. The van der Waals surface area contributed by atoms with Crippen LogP contribution < -0.4 is 14.8 Å². The Morgan fingerprint density at radius 3 is 2.59 bits per heavy atom. The van der Waals surface area contributed by atoms with Gasteiger partial charge in [0.15, 0.2) is 11.5 Å². The Morgan fingerprint density at radius 2 is 1.94 bits per heavy atom. The topological polar surface area (TPSA) is 30.5 Å². The summed E-state index contributed by atoms with van der Waals surface area (Å²) in [7, 11) is 3.38. The fraction of sp³-hybridized carbons (Fsp3) is 0.538. The molecule has 0 bridgehead atoms. The number of piperidine rings is 1. The second kappa shape index (κ2) is 6.17. The highest BCUT2D eigenvalue weighted by Crippen LogP contribution is 2.40. The quantitative estimate of drug-likeness (QED) is 0.893. The largest absolute Gasteiger partial charge is 0.493 e. The van der Waals surface area contributed by atoms with Gasteiger partial charge in [-0.1, -0.05) is 6.07 Å². The van der Waals surface area contributed by atoms with Gasteiger partial charge >= 0.3 is 0 Å². The molecule has 3 nitrogen and oxygen atoms in total. The lowest BCUT2D eigenvalue weighted by Gasteiger charge is -2.23. The number of hydrogen-bond acceptors (Lipinski definition) is 4. The van der Waals surface area contributed by atoms with Gasteiger partial charge in [-0.05, 0) is 38.1 Å². The first kappa shape index (κ1) is 12.6. The highest BCUT2D eigenvalue weighted by molar-refractivity contribution is 8.00. The van der Waals surface area contributed by atoms with E-state index in [0.29, 0.717) is 5.25 Å². The van der Waals surface area contributed by atoms with E-state index in [1.165, 1.54) is 17.7 Å². The predicted molar refractivity (Wildman–Crippen MR) is 71.3 cm³/mol. The lowest BCUT2D eigenvalue weighted by Crippen LogP contribution is -2.29. The summed E-state index contributed by atoms with van der Waals surface area (Å²) >= 11 is 1.90. The molecule has 0 amide bonds. The summed E-state index contributed by atoms with van der Waals surface area (Å²) in [6.45, 7) is 2.23. The van der Waals surface area contributed by atoms with E-state index in [-0.39, 0.29) is 0 Å². The number of benzene rings is 1. The Hall–Kier alpha value is -0.870. The Labute approximate surface area is 107 Å². The fourth-order valence-corrected chi connectivity index (χ4v) is 3.32. The van der Waals surface area contributed by atoms with Crippen molar-refractivity contribution in [2.45, 2.75) is 23.0 Å². The van der Waals surface area contributed by atoms with Gasteiger partial charge in [-0.3, -0.25) is 0 Å². The molecule has 1 fully saturated rings. The molecule has 1 saturated heterocycles. The highest BCUT2D eigenvalue weighted by Gasteiger charge is 2.18. The van der Waals surface area contributed by atoms with Gasteiger partial charge in [0.05, 0.1) is 19.1 Å². The standard InChI is InChI=1S/C13H19NO2S/c1-15-11-4-3-5-12(13(11)16-2)17-10-6-8-14-9-7-10/h3-5,10,14H,6-9H2,1-2H3. The molecule has 17 heavy (non-hydrogen) atoms. The van der Waals surface area contributed by atoms with Crippen molar-refractivity contribution < 1.29 is 9.47 Å². The normalized spacial score (nSPS) is 16.8. The summed E-state index contributed by atoms with van der Waals surface area (Å²) in [5, 5.41) is 4.06. The smallest absolute Gasteiger partial charge is 0.174 e. The molecule has 4 heteroatoms. The van der Waals surface area contributed by atoms with E-state index in [4.69, 9.17) is 9.47 Å². The molecule has 1 N–H and O–H groups in total. The summed E-state index contributed by atoms with van der Waals surface area (Å²) in [5.41, 5.74) is 0. The van der Waals surface area contributed by atoms with Crippen LogP contribution in [0.4, 0.5) is 0 Å². The van der Waals surface area contributed by atoms with Crippen molar-refractivity contribution in [1.29, 1.82) is 0 Å². The van der Waals surface area contributed by atoms with Crippen LogP contribution in [-0.2, 0) is 0 Å². The monoisotopic (exact) mass is 253 g/mol. The zero-order valence-electron chi connectivity index (χ0n) is 10.4. The van der Waals surface area contributed by atoms with Crippen LogP contribution in [0.15, 0.2) is 23.1 Å². The second-order valence-electron chi connectivity index (χ2n) is 4.06. The molecule has 1 aliphatic heterocycles. The molecule has 1 aromatic carbocycles. The molecule has 1 aromatic rings. The van der Waals surface area contributed by atoms with Crippen LogP contribution in [0, 0.1) is 0 Å². The van der Waals surface area contributed by atoms with E-state index < -0.39 is 0 Å². The van der Waals surface area contributed by atoms with Gasteiger partial charge in [0.1, 0.15) is 0 Å². The van der Waals surface area contributed by atoms with Crippen LogP contribution in [0.3, 0.4) is 0 Å². The predicted octanol–water partition coefficient (Wildman–Crippen LogP) is 2.55. The molecular weight excluding hydrogens is 234 g/mol. The zero-order chi connectivity index (χ0) is 12.1. The third-order valence-electron chi connectivity index (χ3n) is 2.95. The lowest BCUT2D eigenvalue weighted by atomic mass is 10.2. The maximum Gasteiger partial charge on any atom is 0.174 e. The van der Waals surface area contributed by atoms with E-state index in [1.807, 2.05) is 23.9 Å². The van der Waals surface area contributed by atoms with Crippen LogP contribution in [0.25, 0.3) is 0 Å². The van der Waals surface area contributed by atoms with Crippen molar-refractivity contribution in [1.82, 2.24) is 5.32 Å². The Bertz CT molecular complexity index is 364. The summed E-state index contributed by atoms with van der Waals surface area (Å²) in [4.78, 5) is 1.18. The number of rotatable bonds is 4. The molecule has 0 aliphatic carbocycles. The number of thioether (sulfide) groups is 1. The highest BCUT2D eigenvalue weighted by atomic mass is 32.2.